The van der Waals surface area contributed by atoms with Gasteiger partial charge >= 0.3 is 37.9 Å². The van der Waals surface area contributed by atoms with Crippen molar-refractivity contribution in [1.29, 1.82) is 0 Å². The Morgan fingerprint density at radius 1 is 1.06 bits per heavy atom. The number of nitrogens with zero attached hydrogens (tertiary/aromatic N) is 1. The molecule has 0 amide bonds. The van der Waals surface area contributed by atoms with Gasteiger partial charge in [-0.25, -0.2) is 0 Å². The van der Waals surface area contributed by atoms with Gasteiger partial charge in [0.1, 0.15) is 5.75 Å². The van der Waals surface area contributed by atoms with Gasteiger partial charge in [-0.05, 0) is 60.6 Å². The van der Waals surface area contributed by atoms with Gasteiger partial charge in [0, 0.05) is 29.3 Å². The van der Waals surface area contributed by atoms with Crippen LogP contribution >= 0.6 is 17.0 Å². The van der Waals surface area contributed by atoms with E-state index in [1.54, 1.807) is 0 Å². The molecule has 1 saturated carbocycles. The Morgan fingerprint density at radius 2 is 1.70 bits per heavy atom. The summed E-state index contributed by atoms with van der Waals surface area (Å²) in [6, 6.07) is 14.6. The molecule has 2 unspecified atom stereocenters. The van der Waals surface area contributed by atoms with Gasteiger partial charge < -0.3 is 5.11 Å². The summed E-state index contributed by atoms with van der Waals surface area (Å²) in [6.07, 6.45) is 7.10. The van der Waals surface area contributed by atoms with Crippen LogP contribution in [0.15, 0.2) is 47.5 Å². The van der Waals surface area contributed by atoms with E-state index < -0.39 is 20.8 Å². The summed E-state index contributed by atoms with van der Waals surface area (Å²) in [5.41, 5.74) is 4.25. The van der Waals surface area contributed by atoms with Crippen LogP contribution < -0.4 is 0 Å². The van der Waals surface area contributed by atoms with Crippen LogP contribution in [0, 0.1) is 24.2 Å². The molecule has 1 N–H and O–H groups in total. The second-order valence-electron chi connectivity index (χ2n) is 10.9. The van der Waals surface area contributed by atoms with E-state index in [1.165, 1.54) is 31.2 Å². The standard InChI is InChI=1S/C28H39NO.2ClH.Zr/c1-20-15-22(19-29-18-21-11-10-14-24(17-21)27(2,3)4)26(30)25(16-20)28(5,6)23-12-8-7-9-13-23;;;/h7-9,12-13,15-16,19,21,24,30H,10-11,14,17-18H2,1-6H3;2*1H;/q;;;+2/p-2. The number of phenolic OH excluding ortho intramolecular Hbond substituents is 1. The van der Waals surface area contributed by atoms with Gasteiger partial charge in [-0.2, -0.15) is 0 Å². The Morgan fingerprint density at radius 3 is 2.30 bits per heavy atom. The van der Waals surface area contributed by atoms with Crippen LogP contribution in [0.3, 0.4) is 0 Å². The number of hydrogen-bond donors (Lipinski definition) is 1. The zero-order valence-corrected chi connectivity index (χ0v) is 24.9. The molecule has 1 fully saturated rings. The molecule has 180 valence electrons. The van der Waals surface area contributed by atoms with Crippen LogP contribution in [0.4, 0.5) is 0 Å². The van der Waals surface area contributed by atoms with Crippen LogP contribution in [0.1, 0.15) is 82.6 Å². The first-order valence-corrected chi connectivity index (χ1v) is 18.2. The first kappa shape index (κ1) is 28.6. The van der Waals surface area contributed by atoms with E-state index in [0.717, 1.165) is 29.2 Å². The molecule has 0 heterocycles. The maximum atomic E-state index is 11.1. The van der Waals surface area contributed by atoms with Crippen molar-refractivity contribution >= 4 is 23.2 Å². The third-order valence-electron chi connectivity index (χ3n) is 7.05. The molecule has 2 aromatic carbocycles. The number of rotatable bonds is 5. The number of aryl methyl sites for hydroxylation is 1. The zero-order valence-electron chi connectivity index (χ0n) is 21.0. The van der Waals surface area contributed by atoms with Crippen molar-refractivity contribution in [2.45, 2.75) is 72.6 Å². The SMILES string of the molecule is Cc1cc(C=NCC2CCCC(C(C)(C)C)C2)c(O)c(C(C)(C)c2ccccc2)c1.[Cl][Zr][Cl]. The van der Waals surface area contributed by atoms with Gasteiger partial charge in [0.2, 0.25) is 0 Å². The summed E-state index contributed by atoms with van der Waals surface area (Å²) >= 11 is -0.826. The third kappa shape index (κ3) is 8.22. The topological polar surface area (TPSA) is 32.6 Å². The van der Waals surface area contributed by atoms with E-state index in [0.29, 0.717) is 17.1 Å². The maximum absolute atomic E-state index is 11.1. The number of benzene rings is 2. The van der Waals surface area contributed by atoms with Crippen molar-refractivity contribution in [1.82, 2.24) is 0 Å². The minimum atomic E-state index is -0.826. The first-order chi connectivity index (χ1) is 15.5. The summed E-state index contributed by atoms with van der Waals surface area (Å²) in [6.45, 7) is 14.4. The molecule has 0 saturated heterocycles. The van der Waals surface area contributed by atoms with Crippen molar-refractivity contribution in [2.75, 3.05) is 6.54 Å². The fraction of sp³-hybridized carbons (Fsp3) is 0.536. The van der Waals surface area contributed by atoms with E-state index in [2.05, 4.69) is 71.9 Å². The molecule has 0 aromatic heterocycles. The molecule has 2 aromatic rings. The molecule has 3 rings (SSSR count). The Balaban J connectivity index is 0.00000122. The van der Waals surface area contributed by atoms with E-state index in [1.807, 2.05) is 18.3 Å². The molecule has 1 aliphatic carbocycles. The molecule has 2 atom stereocenters. The Hall–Kier alpha value is -0.627. The Labute approximate surface area is 219 Å². The summed E-state index contributed by atoms with van der Waals surface area (Å²) in [4.78, 5) is 4.79. The molecule has 0 aliphatic heterocycles. The average Bonchev–Trinajstić information content (AvgIpc) is 2.76. The van der Waals surface area contributed by atoms with Gasteiger partial charge in [-0.3, -0.25) is 4.99 Å². The number of hydrogen-bond acceptors (Lipinski definition) is 2. The molecule has 33 heavy (non-hydrogen) atoms. The average molecular weight is 568 g/mol. The predicted octanol–water partition coefficient (Wildman–Crippen LogP) is 8.67. The molecule has 1 aliphatic rings. The Bertz CT molecular complexity index is 906. The second kappa shape index (κ2) is 12.9. The normalized spacial score (nSPS) is 19.2. The summed E-state index contributed by atoms with van der Waals surface area (Å²) < 4.78 is 0. The fourth-order valence-electron chi connectivity index (χ4n) is 4.94. The van der Waals surface area contributed by atoms with Crippen LogP contribution in [-0.2, 0) is 26.3 Å². The van der Waals surface area contributed by atoms with Crippen molar-refractivity contribution in [3.8, 4) is 5.75 Å². The van der Waals surface area contributed by atoms with Crippen LogP contribution in [0.2, 0.25) is 0 Å². The number of aliphatic imine (C=N–C) groups is 1. The quantitative estimate of drug-likeness (QED) is 0.360. The van der Waals surface area contributed by atoms with E-state index in [9.17, 15) is 5.11 Å². The van der Waals surface area contributed by atoms with Gasteiger partial charge in [0.05, 0.1) is 0 Å². The molecule has 5 heteroatoms. The fourth-order valence-corrected chi connectivity index (χ4v) is 4.94. The van der Waals surface area contributed by atoms with Crippen molar-refractivity contribution in [3.05, 3.63) is 64.7 Å². The van der Waals surface area contributed by atoms with Crippen LogP contribution in [0.5, 0.6) is 5.75 Å². The van der Waals surface area contributed by atoms with Gasteiger partial charge in [0.25, 0.3) is 0 Å². The van der Waals surface area contributed by atoms with Gasteiger partial charge in [-0.1, -0.05) is 77.4 Å². The van der Waals surface area contributed by atoms with E-state index in [4.69, 9.17) is 22.0 Å². The summed E-state index contributed by atoms with van der Waals surface area (Å²) in [7, 11) is 9.87. The van der Waals surface area contributed by atoms with Crippen molar-refractivity contribution in [3.63, 3.8) is 0 Å². The molecular weight excluding hydrogens is 528 g/mol. The zero-order chi connectivity index (χ0) is 24.6. The first-order valence-electron chi connectivity index (χ1n) is 11.9. The molecular formula is C28H39Cl2NOZr. The van der Waals surface area contributed by atoms with Crippen LogP contribution in [-0.4, -0.2) is 17.9 Å². The Kier molecular flexibility index (Phi) is 11.2. The van der Waals surface area contributed by atoms with Gasteiger partial charge in [-0.15, -0.1) is 0 Å². The minimum absolute atomic E-state index is 0.275. The second-order valence-corrected chi connectivity index (χ2v) is 14.6. The molecule has 0 spiro atoms. The monoisotopic (exact) mass is 565 g/mol. The van der Waals surface area contributed by atoms with Gasteiger partial charge in [0.15, 0.2) is 0 Å². The predicted molar refractivity (Wildman–Crippen MR) is 140 cm³/mol. The van der Waals surface area contributed by atoms with Crippen molar-refractivity contribution in [2.24, 2.45) is 22.2 Å². The number of phenols is 1. The summed E-state index contributed by atoms with van der Waals surface area (Å²) in [5.74, 6) is 1.80. The van der Waals surface area contributed by atoms with E-state index in [-0.39, 0.29) is 5.41 Å². The molecule has 2 nitrogen and oxygen atoms in total. The molecule has 0 radical (unpaired) electrons. The third-order valence-corrected chi connectivity index (χ3v) is 7.05. The molecule has 0 bridgehead atoms. The van der Waals surface area contributed by atoms with Crippen LogP contribution in [0.25, 0.3) is 0 Å². The van der Waals surface area contributed by atoms with E-state index >= 15 is 0 Å². The number of halogens is 2. The summed E-state index contributed by atoms with van der Waals surface area (Å²) in [5, 5.41) is 11.1. The van der Waals surface area contributed by atoms with Crippen molar-refractivity contribution < 1.29 is 26.0 Å². The number of aromatic hydroxyl groups is 1.